The molecule has 5 heteroatoms. The van der Waals surface area contributed by atoms with Gasteiger partial charge in [-0.25, -0.2) is 9.78 Å². The van der Waals surface area contributed by atoms with Crippen molar-refractivity contribution in [1.29, 1.82) is 0 Å². The molecule has 0 bridgehead atoms. The highest BCUT2D eigenvalue weighted by atomic mass is 16.4. The first kappa shape index (κ1) is 11.4. The quantitative estimate of drug-likeness (QED) is 0.881. The number of aromatic nitrogens is 2. The van der Waals surface area contributed by atoms with E-state index in [2.05, 4.69) is 4.98 Å². The average molecular weight is 234 g/mol. The molecular weight excluding hydrogens is 220 g/mol. The van der Waals surface area contributed by atoms with Gasteiger partial charge in [0.05, 0.1) is 12.8 Å². The maximum Gasteiger partial charge on any atom is 0.372 e. The van der Waals surface area contributed by atoms with Gasteiger partial charge < -0.3 is 14.1 Å². The fourth-order valence-corrected chi connectivity index (χ4v) is 1.79. The molecule has 5 nitrogen and oxygen atoms in total. The van der Waals surface area contributed by atoms with Gasteiger partial charge in [-0.3, -0.25) is 0 Å². The molecule has 2 aromatic heterocycles. The normalized spacial score (nSPS) is 11.0. The Morgan fingerprint density at radius 1 is 1.59 bits per heavy atom. The maximum atomic E-state index is 10.9. The van der Waals surface area contributed by atoms with Gasteiger partial charge in [0.25, 0.3) is 0 Å². The number of furan rings is 1. The van der Waals surface area contributed by atoms with E-state index < -0.39 is 5.97 Å². The van der Waals surface area contributed by atoms with Crippen LogP contribution in [0.15, 0.2) is 29.1 Å². The fourth-order valence-electron chi connectivity index (χ4n) is 1.79. The van der Waals surface area contributed by atoms with Gasteiger partial charge >= 0.3 is 5.97 Å². The summed E-state index contributed by atoms with van der Waals surface area (Å²) in [7, 11) is 0. The Kier molecular flexibility index (Phi) is 2.99. The van der Waals surface area contributed by atoms with Crippen molar-refractivity contribution in [3.8, 4) is 0 Å². The Bertz CT molecular complexity index is 525. The van der Waals surface area contributed by atoms with Crippen molar-refractivity contribution in [2.45, 2.75) is 26.3 Å². The van der Waals surface area contributed by atoms with Gasteiger partial charge in [0.1, 0.15) is 5.82 Å². The zero-order valence-electron chi connectivity index (χ0n) is 9.75. The van der Waals surface area contributed by atoms with Crippen LogP contribution in [0.1, 0.15) is 41.7 Å². The summed E-state index contributed by atoms with van der Waals surface area (Å²) in [5.74, 6) is 0.178. The van der Waals surface area contributed by atoms with Gasteiger partial charge in [0.2, 0.25) is 5.76 Å². The maximum absolute atomic E-state index is 10.9. The molecule has 0 aliphatic heterocycles. The molecule has 2 heterocycles. The van der Waals surface area contributed by atoms with Crippen molar-refractivity contribution >= 4 is 5.97 Å². The molecule has 2 rings (SSSR count). The number of imidazole rings is 1. The van der Waals surface area contributed by atoms with Gasteiger partial charge in [-0.1, -0.05) is 13.8 Å². The summed E-state index contributed by atoms with van der Waals surface area (Å²) in [4.78, 5) is 15.2. The molecule has 0 fully saturated rings. The lowest BCUT2D eigenvalue weighted by Crippen LogP contribution is -2.08. The highest BCUT2D eigenvalue weighted by Crippen LogP contribution is 2.17. The minimum Gasteiger partial charge on any atom is -0.475 e. The lowest BCUT2D eigenvalue weighted by atomic mass is 10.2. The van der Waals surface area contributed by atoms with Gasteiger partial charge in [-0.15, -0.1) is 0 Å². The largest absolute Gasteiger partial charge is 0.475 e. The molecule has 0 spiro atoms. The molecule has 1 N–H and O–H groups in total. The molecule has 0 aliphatic rings. The number of hydrogen-bond acceptors (Lipinski definition) is 3. The van der Waals surface area contributed by atoms with Crippen molar-refractivity contribution in [2.75, 3.05) is 0 Å². The fraction of sp³-hybridized carbons (Fsp3) is 0.333. The van der Waals surface area contributed by atoms with E-state index in [1.54, 1.807) is 12.3 Å². The van der Waals surface area contributed by atoms with E-state index in [4.69, 9.17) is 9.52 Å². The first-order valence-electron chi connectivity index (χ1n) is 5.40. The van der Waals surface area contributed by atoms with Crippen LogP contribution in [0, 0.1) is 0 Å². The van der Waals surface area contributed by atoms with Crippen molar-refractivity contribution in [3.05, 3.63) is 41.9 Å². The van der Waals surface area contributed by atoms with Crippen LogP contribution in [0.2, 0.25) is 0 Å². The summed E-state index contributed by atoms with van der Waals surface area (Å²) in [5.41, 5.74) is 0.650. The third kappa shape index (κ3) is 2.22. The van der Waals surface area contributed by atoms with Crippen LogP contribution < -0.4 is 0 Å². The average Bonchev–Trinajstić information content (AvgIpc) is 2.86. The molecule has 90 valence electrons. The van der Waals surface area contributed by atoms with Crippen molar-refractivity contribution in [1.82, 2.24) is 9.55 Å². The van der Waals surface area contributed by atoms with Gasteiger partial charge in [-0.05, 0) is 6.07 Å². The van der Waals surface area contributed by atoms with E-state index in [1.807, 2.05) is 24.6 Å². The molecule has 0 saturated heterocycles. The molecule has 0 unspecified atom stereocenters. The van der Waals surface area contributed by atoms with Crippen LogP contribution >= 0.6 is 0 Å². The first-order chi connectivity index (χ1) is 8.09. The van der Waals surface area contributed by atoms with Crippen molar-refractivity contribution in [2.24, 2.45) is 0 Å². The highest BCUT2D eigenvalue weighted by molar-refractivity contribution is 5.86. The van der Waals surface area contributed by atoms with Crippen LogP contribution in [-0.2, 0) is 6.54 Å². The molecule has 0 aromatic carbocycles. The van der Waals surface area contributed by atoms with E-state index in [1.165, 1.54) is 6.26 Å². The van der Waals surface area contributed by atoms with Gasteiger partial charge in [-0.2, -0.15) is 0 Å². The number of aromatic carboxylic acids is 1. The standard InChI is InChI=1S/C12H14N2O3/c1-8(2)11-13-4-5-14(11)7-9-3-6-17-10(9)12(15)16/h3-6,8H,7H2,1-2H3,(H,15,16). The second-order valence-electron chi connectivity index (χ2n) is 4.15. The predicted octanol–water partition coefficient (Wildman–Crippen LogP) is 2.35. The highest BCUT2D eigenvalue weighted by Gasteiger charge is 2.15. The molecule has 0 amide bonds. The topological polar surface area (TPSA) is 68.3 Å². The second kappa shape index (κ2) is 4.45. The molecule has 0 saturated carbocycles. The van der Waals surface area contributed by atoms with E-state index in [-0.39, 0.29) is 5.76 Å². The number of carboxylic acids is 1. The Hall–Kier alpha value is -2.04. The minimum atomic E-state index is -1.05. The van der Waals surface area contributed by atoms with Crippen molar-refractivity contribution < 1.29 is 14.3 Å². The van der Waals surface area contributed by atoms with Crippen LogP contribution in [0.25, 0.3) is 0 Å². The van der Waals surface area contributed by atoms with Gasteiger partial charge in [0, 0.05) is 23.9 Å². The summed E-state index contributed by atoms with van der Waals surface area (Å²) in [5, 5.41) is 8.94. The molecule has 17 heavy (non-hydrogen) atoms. The SMILES string of the molecule is CC(C)c1nccn1Cc1ccoc1C(=O)O. The molecule has 2 aromatic rings. The summed E-state index contributed by atoms with van der Waals surface area (Å²) in [6, 6.07) is 1.67. The Labute approximate surface area is 98.7 Å². The predicted molar refractivity (Wildman–Crippen MR) is 61.1 cm³/mol. The Balaban J connectivity index is 2.29. The number of hydrogen-bond donors (Lipinski definition) is 1. The molecule has 0 radical (unpaired) electrons. The van der Waals surface area contributed by atoms with E-state index in [0.29, 0.717) is 18.0 Å². The third-order valence-corrected chi connectivity index (χ3v) is 2.55. The van der Waals surface area contributed by atoms with Gasteiger partial charge in [0.15, 0.2) is 0 Å². The summed E-state index contributed by atoms with van der Waals surface area (Å²) in [6.45, 7) is 4.56. The zero-order chi connectivity index (χ0) is 12.4. The molecular formula is C12H14N2O3. The number of carboxylic acid groups (broad SMARTS) is 1. The Morgan fingerprint density at radius 3 is 3.00 bits per heavy atom. The second-order valence-corrected chi connectivity index (χ2v) is 4.15. The smallest absolute Gasteiger partial charge is 0.372 e. The number of rotatable bonds is 4. The Morgan fingerprint density at radius 2 is 2.35 bits per heavy atom. The number of carbonyl (C=O) groups is 1. The lowest BCUT2D eigenvalue weighted by Gasteiger charge is -2.09. The first-order valence-corrected chi connectivity index (χ1v) is 5.40. The van der Waals surface area contributed by atoms with Crippen LogP contribution in [0.4, 0.5) is 0 Å². The molecule has 0 atom stereocenters. The zero-order valence-corrected chi connectivity index (χ0v) is 9.75. The summed E-state index contributed by atoms with van der Waals surface area (Å²) in [6.07, 6.45) is 4.95. The summed E-state index contributed by atoms with van der Waals surface area (Å²) >= 11 is 0. The molecule has 0 aliphatic carbocycles. The minimum absolute atomic E-state index is 0.00611. The van der Waals surface area contributed by atoms with Crippen LogP contribution in [0.5, 0.6) is 0 Å². The van der Waals surface area contributed by atoms with E-state index in [0.717, 1.165) is 5.82 Å². The van der Waals surface area contributed by atoms with Crippen LogP contribution in [-0.4, -0.2) is 20.6 Å². The number of nitrogens with zero attached hydrogens (tertiary/aromatic N) is 2. The monoisotopic (exact) mass is 234 g/mol. The van der Waals surface area contributed by atoms with E-state index in [9.17, 15) is 4.79 Å². The lowest BCUT2D eigenvalue weighted by molar-refractivity contribution is 0.0660. The van der Waals surface area contributed by atoms with Crippen LogP contribution in [0.3, 0.4) is 0 Å². The third-order valence-electron chi connectivity index (χ3n) is 2.55. The van der Waals surface area contributed by atoms with E-state index >= 15 is 0 Å². The van der Waals surface area contributed by atoms with Crippen molar-refractivity contribution in [3.63, 3.8) is 0 Å². The summed E-state index contributed by atoms with van der Waals surface area (Å²) < 4.78 is 6.87.